The number of allylic oxidation sites excluding steroid dienone is 1. The third kappa shape index (κ3) is 1.26. The number of nitrogens with one attached hydrogen (secondary N) is 1. The maximum atomic E-state index is 5.75. The molecule has 1 N–H and O–H groups in total. The SMILES string of the molecule is Clc1ccc(C2=CC3NCC3C2)cn1. The Morgan fingerprint density at radius 1 is 1.43 bits per heavy atom. The highest BCUT2D eigenvalue weighted by atomic mass is 35.5. The van der Waals surface area contributed by atoms with Gasteiger partial charge in [-0.1, -0.05) is 23.7 Å². The largest absolute Gasteiger partial charge is 0.310 e. The highest BCUT2D eigenvalue weighted by molar-refractivity contribution is 6.29. The number of rotatable bonds is 1. The lowest BCUT2D eigenvalue weighted by Gasteiger charge is -2.31. The van der Waals surface area contributed by atoms with Gasteiger partial charge in [0.05, 0.1) is 0 Å². The van der Waals surface area contributed by atoms with E-state index in [0.717, 1.165) is 12.5 Å². The van der Waals surface area contributed by atoms with E-state index >= 15 is 0 Å². The number of fused-ring (bicyclic) bond motifs is 1. The Balaban J connectivity index is 1.89. The lowest BCUT2D eigenvalue weighted by atomic mass is 9.94. The highest BCUT2D eigenvalue weighted by Crippen LogP contribution is 2.36. The summed E-state index contributed by atoms with van der Waals surface area (Å²) in [5, 5.41) is 3.96. The molecule has 0 bridgehead atoms. The molecule has 2 heterocycles. The van der Waals surface area contributed by atoms with E-state index in [1.807, 2.05) is 18.3 Å². The smallest absolute Gasteiger partial charge is 0.129 e. The molecule has 1 aliphatic carbocycles. The van der Waals surface area contributed by atoms with Crippen molar-refractivity contribution in [3.63, 3.8) is 0 Å². The monoisotopic (exact) mass is 206 g/mol. The van der Waals surface area contributed by atoms with E-state index in [2.05, 4.69) is 16.4 Å². The van der Waals surface area contributed by atoms with E-state index in [1.54, 1.807) is 0 Å². The van der Waals surface area contributed by atoms with E-state index in [0.29, 0.717) is 11.2 Å². The molecule has 3 rings (SSSR count). The average Bonchev–Trinajstić information content (AvgIpc) is 2.45. The van der Waals surface area contributed by atoms with Crippen LogP contribution in [0.25, 0.3) is 5.57 Å². The topological polar surface area (TPSA) is 24.9 Å². The van der Waals surface area contributed by atoms with Crippen LogP contribution in [0.2, 0.25) is 5.15 Å². The Morgan fingerprint density at radius 2 is 2.36 bits per heavy atom. The number of halogens is 1. The zero-order chi connectivity index (χ0) is 9.54. The second-order valence-corrected chi connectivity index (χ2v) is 4.35. The normalized spacial score (nSPS) is 29.4. The van der Waals surface area contributed by atoms with Crippen molar-refractivity contribution in [3.05, 3.63) is 35.1 Å². The summed E-state index contributed by atoms with van der Waals surface area (Å²) in [7, 11) is 0. The van der Waals surface area contributed by atoms with E-state index in [4.69, 9.17) is 11.6 Å². The van der Waals surface area contributed by atoms with Gasteiger partial charge in [0.15, 0.2) is 0 Å². The lowest BCUT2D eigenvalue weighted by molar-refractivity contribution is 0.301. The minimum atomic E-state index is 0.563. The summed E-state index contributed by atoms with van der Waals surface area (Å²) in [6.07, 6.45) is 5.36. The van der Waals surface area contributed by atoms with Crippen molar-refractivity contribution in [2.75, 3.05) is 6.54 Å². The van der Waals surface area contributed by atoms with E-state index in [1.165, 1.54) is 17.6 Å². The highest BCUT2D eigenvalue weighted by Gasteiger charge is 2.34. The molecule has 2 aliphatic rings. The van der Waals surface area contributed by atoms with E-state index in [9.17, 15) is 0 Å². The molecule has 0 radical (unpaired) electrons. The third-order valence-electron chi connectivity index (χ3n) is 3.08. The molecular formula is C11H11ClN2. The predicted octanol–water partition coefficient (Wildman–Crippen LogP) is 2.11. The van der Waals surface area contributed by atoms with Gasteiger partial charge < -0.3 is 5.32 Å². The third-order valence-corrected chi connectivity index (χ3v) is 3.31. The molecular weight excluding hydrogens is 196 g/mol. The lowest BCUT2D eigenvalue weighted by Crippen LogP contribution is -2.49. The number of hydrogen-bond acceptors (Lipinski definition) is 2. The molecule has 2 nitrogen and oxygen atoms in total. The number of hydrogen-bond donors (Lipinski definition) is 1. The van der Waals surface area contributed by atoms with Gasteiger partial charge in [-0.2, -0.15) is 0 Å². The zero-order valence-corrected chi connectivity index (χ0v) is 8.46. The minimum Gasteiger partial charge on any atom is -0.310 e. The van der Waals surface area contributed by atoms with Crippen molar-refractivity contribution in [1.82, 2.24) is 10.3 Å². The first-order valence-electron chi connectivity index (χ1n) is 4.89. The predicted molar refractivity (Wildman–Crippen MR) is 57.1 cm³/mol. The van der Waals surface area contributed by atoms with Crippen LogP contribution in [0, 0.1) is 5.92 Å². The Labute approximate surface area is 88.0 Å². The first-order chi connectivity index (χ1) is 6.83. The zero-order valence-electron chi connectivity index (χ0n) is 7.70. The molecule has 2 atom stereocenters. The number of nitrogens with zero attached hydrogens (tertiary/aromatic N) is 1. The maximum Gasteiger partial charge on any atom is 0.129 e. The van der Waals surface area contributed by atoms with Crippen LogP contribution < -0.4 is 5.32 Å². The first kappa shape index (κ1) is 8.45. The number of aromatic nitrogens is 1. The fraction of sp³-hybridized carbons (Fsp3) is 0.364. The number of pyridine rings is 1. The molecule has 0 spiro atoms. The molecule has 0 saturated carbocycles. The second-order valence-electron chi connectivity index (χ2n) is 3.96. The van der Waals surface area contributed by atoms with E-state index < -0.39 is 0 Å². The van der Waals surface area contributed by atoms with Gasteiger partial charge >= 0.3 is 0 Å². The van der Waals surface area contributed by atoms with Crippen LogP contribution >= 0.6 is 11.6 Å². The van der Waals surface area contributed by atoms with Gasteiger partial charge in [0.1, 0.15) is 5.15 Å². The van der Waals surface area contributed by atoms with Crippen LogP contribution in [0.1, 0.15) is 12.0 Å². The van der Waals surface area contributed by atoms with Crippen LogP contribution in [0.3, 0.4) is 0 Å². The van der Waals surface area contributed by atoms with Crippen LogP contribution in [-0.2, 0) is 0 Å². The van der Waals surface area contributed by atoms with Crippen LogP contribution in [0.5, 0.6) is 0 Å². The summed E-state index contributed by atoms with van der Waals surface area (Å²) >= 11 is 5.75. The molecule has 14 heavy (non-hydrogen) atoms. The summed E-state index contributed by atoms with van der Waals surface area (Å²) in [6.45, 7) is 1.16. The quantitative estimate of drug-likeness (QED) is 0.712. The second kappa shape index (κ2) is 3.07. The summed E-state index contributed by atoms with van der Waals surface area (Å²) in [5.41, 5.74) is 2.62. The molecule has 1 aliphatic heterocycles. The standard InChI is InChI=1S/C11H11ClN2/c12-11-2-1-7(5-14-11)8-3-9-6-13-10(9)4-8/h1-2,4-5,9-10,13H,3,6H2. The molecule has 1 saturated heterocycles. The first-order valence-corrected chi connectivity index (χ1v) is 5.27. The van der Waals surface area contributed by atoms with Gasteiger partial charge in [-0.25, -0.2) is 4.98 Å². The van der Waals surface area contributed by atoms with Crippen molar-refractivity contribution < 1.29 is 0 Å². The van der Waals surface area contributed by atoms with Crippen LogP contribution in [0.15, 0.2) is 24.4 Å². The molecule has 1 aromatic rings. The van der Waals surface area contributed by atoms with Gasteiger partial charge in [0.25, 0.3) is 0 Å². The van der Waals surface area contributed by atoms with Gasteiger partial charge in [-0.3, -0.25) is 0 Å². The Bertz CT molecular complexity index is 383. The van der Waals surface area contributed by atoms with Gasteiger partial charge in [-0.05, 0) is 29.5 Å². The summed E-state index contributed by atoms with van der Waals surface area (Å²) in [6, 6.07) is 4.51. The van der Waals surface area contributed by atoms with Crippen molar-refractivity contribution in [3.8, 4) is 0 Å². The van der Waals surface area contributed by atoms with Crippen molar-refractivity contribution in [2.45, 2.75) is 12.5 Å². The molecule has 1 aromatic heterocycles. The Morgan fingerprint density at radius 3 is 2.86 bits per heavy atom. The van der Waals surface area contributed by atoms with Gasteiger partial charge in [0, 0.05) is 18.8 Å². The van der Waals surface area contributed by atoms with E-state index in [-0.39, 0.29) is 0 Å². The summed E-state index contributed by atoms with van der Waals surface area (Å²) < 4.78 is 0. The van der Waals surface area contributed by atoms with Gasteiger partial charge in [-0.15, -0.1) is 0 Å². The van der Waals surface area contributed by atoms with Crippen LogP contribution in [-0.4, -0.2) is 17.6 Å². The van der Waals surface area contributed by atoms with Crippen molar-refractivity contribution >= 4 is 17.2 Å². The molecule has 0 amide bonds. The molecule has 2 unspecified atom stereocenters. The Hall–Kier alpha value is -0.860. The molecule has 0 aromatic carbocycles. The van der Waals surface area contributed by atoms with Crippen molar-refractivity contribution in [1.29, 1.82) is 0 Å². The molecule has 72 valence electrons. The maximum absolute atomic E-state index is 5.75. The van der Waals surface area contributed by atoms with Crippen molar-refractivity contribution in [2.24, 2.45) is 5.92 Å². The fourth-order valence-electron chi connectivity index (χ4n) is 2.16. The average molecular weight is 207 g/mol. The summed E-state index contributed by atoms with van der Waals surface area (Å²) in [5.74, 6) is 0.820. The molecule has 3 heteroatoms. The van der Waals surface area contributed by atoms with Gasteiger partial charge in [0.2, 0.25) is 0 Å². The van der Waals surface area contributed by atoms with Crippen LogP contribution in [0.4, 0.5) is 0 Å². The molecule has 1 fully saturated rings. The fourth-order valence-corrected chi connectivity index (χ4v) is 2.27. The minimum absolute atomic E-state index is 0.563. The summed E-state index contributed by atoms with van der Waals surface area (Å²) in [4.78, 5) is 4.10. The Kier molecular flexibility index (Phi) is 1.85.